The molecule has 1 aromatic heterocycles. The third kappa shape index (κ3) is 5.86. The Balaban J connectivity index is 1.37. The lowest BCUT2D eigenvalue weighted by Gasteiger charge is -2.30. The number of halogens is 2. The van der Waals surface area contributed by atoms with Crippen LogP contribution in [0.1, 0.15) is 40.3 Å². The van der Waals surface area contributed by atoms with Crippen molar-refractivity contribution in [2.45, 2.75) is 25.5 Å². The van der Waals surface area contributed by atoms with Crippen LogP contribution in [-0.2, 0) is 13.0 Å². The number of aryl methyl sites for hydroxylation is 1. The van der Waals surface area contributed by atoms with E-state index in [1.807, 2.05) is 36.4 Å². The third-order valence-electron chi connectivity index (χ3n) is 8.12. The minimum atomic E-state index is -0.566. The SMILES string of the molecule is O=c1/c(=C\c2cc(Br)cc(Br)c2OCc2ccc([N+](=O)[O-])cc2)sc2n1[C@@H](c1cccc([N+](=O)[O-])c1)C1=C(N=2)c2ccccc2CC1. The molecule has 0 saturated carbocycles. The Morgan fingerprint density at radius 3 is 2.47 bits per heavy atom. The second kappa shape index (κ2) is 12.5. The molecule has 1 aliphatic heterocycles. The standard InChI is InChI=1S/C34H22Br2N4O6S/c35-23-14-22(32(28(36)17-23)46-18-19-8-11-24(12-9-19)39(42)43)16-29-33(41)38-31(21-5-3-6-25(15-21)40(44)45)27-13-10-20-4-1-2-7-26(20)30(27)37-34(38)47-29/h1-9,11-12,14-17,31H,10,13,18H2/b29-16+/t31-/m0/s1. The van der Waals surface area contributed by atoms with Crippen molar-refractivity contribution in [3.8, 4) is 5.75 Å². The quantitative estimate of drug-likeness (QED) is 0.127. The summed E-state index contributed by atoms with van der Waals surface area (Å²) in [6.07, 6.45) is 3.18. The first kappa shape index (κ1) is 30.9. The zero-order valence-electron chi connectivity index (χ0n) is 24.3. The second-order valence-electron chi connectivity index (χ2n) is 11.0. The average molecular weight is 774 g/mol. The molecule has 1 atom stereocenters. The van der Waals surface area contributed by atoms with Crippen LogP contribution in [0.3, 0.4) is 0 Å². The van der Waals surface area contributed by atoms with Gasteiger partial charge < -0.3 is 4.74 Å². The van der Waals surface area contributed by atoms with Crippen molar-refractivity contribution in [1.82, 2.24) is 4.57 Å². The summed E-state index contributed by atoms with van der Waals surface area (Å²) in [4.78, 5) is 41.7. The lowest BCUT2D eigenvalue weighted by molar-refractivity contribution is -0.385. The maximum absolute atomic E-state index is 14.3. The van der Waals surface area contributed by atoms with Crippen LogP contribution in [0.25, 0.3) is 11.8 Å². The second-order valence-corrected chi connectivity index (χ2v) is 13.8. The molecule has 7 rings (SSSR count). The summed E-state index contributed by atoms with van der Waals surface area (Å²) in [6.45, 7) is 0.138. The van der Waals surface area contributed by atoms with E-state index in [0.717, 1.165) is 33.3 Å². The molecular weight excluding hydrogens is 752 g/mol. The molecule has 2 heterocycles. The van der Waals surface area contributed by atoms with E-state index >= 15 is 0 Å². The summed E-state index contributed by atoms with van der Waals surface area (Å²) in [5.41, 5.74) is 5.59. The number of allylic oxidation sites excluding steroid dienone is 1. The molecule has 1 aliphatic carbocycles. The fourth-order valence-electron chi connectivity index (χ4n) is 5.98. The first-order valence-electron chi connectivity index (χ1n) is 14.4. The Kier molecular flexibility index (Phi) is 8.20. The van der Waals surface area contributed by atoms with Crippen LogP contribution in [0, 0.1) is 20.2 Å². The number of hydrogen-bond acceptors (Lipinski definition) is 8. The molecule has 10 nitrogen and oxygen atoms in total. The van der Waals surface area contributed by atoms with Crippen LogP contribution in [0.4, 0.5) is 11.4 Å². The highest BCUT2D eigenvalue weighted by Crippen LogP contribution is 2.42. The molecule has 0 saturated heterocycles. The van der Waals surface area contributed by atoms with Crippen molar-refractivity contribution in [3.63, 3.8) is 0 Å². The zero-order valence-corrected chi connectivity index (χ0v) is 28.2. The highest BCUT2D eigenvalue weighted by Gasteiger charge is 2.33. The van der Waals surface area contributed by atoms with Gasteiger partial charge in [-0.3, -0.25) is 29.6 Å². The monoisotopic (exact) mass is 772 g/mol. The maximum atomic E-state index is 14.3. The summed E-state index contributed by atoms with van der Waals surface area (Å²) in [6, 6.07) is 23.7. The van der Waals surface area contributed by atoms with Gasteiger partial charge in [-0.05, 0) is 81.4 Å². The van der Waals surface area contributed by atoms with Crippen molar-refractivity contribution >= 4 is 66.3 Å². The first-order valence-corrected chi connectivity index (χ1v) is 16.8. The van der Waals surface area contributed by atoms with Crippen LogP contribution in [-0.4, -0.2) is 14.4 Å². The number of nitro groups is 2. The van der Waals surface area contributed by atoms with Gasteiger partial charge in [0.05, 0.1) is 30.6 Å². The van der Waals surface area contributed by atoms with E-state index in [1.54, 1.807) is 28.8 Å². The highest BCUT2D eigenvalue weighted by molar-refractivity contribution is 9.11. The molecule has 0 N–H and O–H groups in total. The number of rotatable bonds is 7. The Bertz CT molecular complexity index is 2330. The average Bonchev–Trinajstić information content (AvgIpc) is 3.37. The molecule has 13 heteroatoms. The van der Waals surface area contributed by atoms with E-state index in [9.17, 15) is 25.0 Å². The number of nitrogens with zero attached hydrogens (tertiary/aromatic N) is 4. The van der Waals surface area contributed by atoms with Gasteiger partial charge in [-0.15, -0.1) is 0 Å². The van der Waals surface area contributed by atoms with Gasteiger partial charge >= 0.3 is 0 Å². The van der Waals surface area contributed by atoms with Gasteiger partial charge in [0.25, 0.3) is 16.9 Å². The van der Waals surface area contributed by atoms with Gasteiger partial charge in [0.2, 0.25) is 0 Å². The predicted molar refractivity (Wildman–Crippen MR) is 185 cm³/mol. The molecule has 47 heavy (non-hydrogen) atoms. The minimum absolute atomic E-state index is 0.0109. The maximum Gasteiger partial charge on any atom is 0.271 e. The van der Waals surface area contributed by atoms with E-state index in [1.165, 1.54) is 41.2 Å². The topological polar surface area (TPSA) is 130 Å². The predicted octanol–water partition coefficient (Wildman–Crippen LogP) is 7.24. The van der Waals surface area contributed by atoms with E-state index in [4.69, 9.17) is 9.73 Å². The molecule has 0 spiro atoms. The van der Waals surface area contributed by atoms with Crippen LogP contribution < -0.4 is 19.6 Å². The Morgan fingerprint density at radius 2 is 1.70 bits per heavy atom. The molecule has 0 radical (unpaired) electrons. The van der Waals surface area contributed by atoms with Gasteiger partial charge in [-0.25, -0.2) is 4.99 Å². The minimum Gasteiger partial charge on any atom is -0.487 e. The number of aromatic nitrogens is 1. The molecular formula is C34H22Br2N4O6S. The molecule has 0 fully saturated rings. The molecule has 0 unspecified atom stereocenters. The largest absolute Gasteiger partial charge is 0.487 e. The first-order chi connectivity index (χ1) is 22.7. The van der Waals surface area contributed by atoms with Gasteiger partial charge in [0.15, 0.2) is 4.80 Å². The lowest BCUT2D eigenvalue weighted by Crippen LogP contribution is -2.38. The molecule has 0 amide bonds. The van der Waals surface area contributed by atoms with Crippen molar-refractivity contribution in [1.29, 1.82) is 0 Å². The van der Waals surface area contributed by atoms with Crippen LogP contribution >= 0.6 is 43.2 Å². The summed E-state index contributed by atoms with van der Waals surface area (Å²) in [5.74, 6) is 0.487. The number of benzene rings is 4. The number of fused-ring (bicyclic) bond motifs is 3. The van der Waals surface area contributed by atoms with Crippen molar-refractivity contribution in [2.75, 3.05) is 0 Å². The Labute approximate surface area is 287 Å². The van der Waals surface area contributed by atoms with Gasteiger partial charge in [-0.2, -0.15) is 0 Å². The van der Waals surface area contributed by atoms with E-state index < -0.39 is 15.9 Å². The summed E-state index contributed by atoms with van der Waals surface area (Å²) >= 11 is 8.37. The molecule has 4 aromatic carbocycles. The normalized spacial score (nSPS) is 15.4. The Hall–Kier alpha value is -4.72. The lowest BCUT2D eigenvalue weighted by atomic mass is 9.83. The summed E-state index contributed by atoms with van der Waals surface area (Å²) in [5, 5.41) is 22.8. The fourth-order valence-corrected chi connectivity index (χ4v) is 8.35. The van der Waals surface area contributed by atoms with Gasteiger partial charge in [0.1, 0.15) is 12.4 Å². The molecule has 234 valence electrons. The Morgan fingerprint density at radius 1 is 0.936 bits per heavy atom. The van der Waals surface area contributed by atoms with Crippen molar-refractivity contribution in [3.05, 3.63) is 167 Å². The van der Waals surface area contributed by atoms with Crippen molar-refractivity contribution < 1.29 is 14.6 Å². The number of nitro benzene ring substituents is 2. The molecule has 2 aliphatic rings. The number of ether oxygens (including phenoxy) is 1. The van der Waals surface area contributed by atoms with Crippen molar-refractivity contribution in [2.24, 2.45) is 4.99 Å². The highest BCUT2D eigenvalue weighted by atomic mass is 79.9. The number of thiazole rings is 1. The van der Waals surface area contributed by atoms with Crippen LogP contribution in [0.15, 0.2) is 109 Å². The van der Waals surface area contributed by atoms with E-state index in [-0.39, 0.29) is 23.5 Å². The van der Waals surface area contributed by atoms with E-state index in [0.29, 0.717) is 37.1 Å². The summed E-state index contributed by atoms with van der Waals surface area (Å²) < 4.78 is 9.66. The van der Waals surface area contributed by atoms with Crippen LogP contribution in [0.2, 0.25) is 0 Å². The van der Waals surface area contributed by atoms with Crippen LogP contribution in [0.5, 0.6) is 5.75 Å². The number of hydrogen-bond donors (Lipinski definition) is 0. The number of non-ortho nitro benzene ring substituents is 2. The molecule has 5 aromatic rings. The fraction of sp³-hybridized carbons (Fsp3) is 0.118. The van der Waals surface area contributed by atoms with Gasteiger partial charge in [-0.1, -0.05) is 63.7 Å². The zero-order chi connectivity index (χ0) is 32.8. The summed E-state index contributed by atoms with van der Waals surface area (Å²) in [7, 11) is 0. The smallest absolute Gasteiger partial charge is 0.271 e. The molecule has 0 bridgehead atoms. The van der Waals surface area contributed by atoms with Gasteiger partial charge in [0, 0.05) is 39.9 Å². The van der Waals surface area contributed by atoms with E-state index in [2.05, 4.69) is 37.9 Å². The third-order valence-corrected chi connectivity index (χ3v) is 10.2.